The minimum absolute atomic E-state index is 0.0220. The molecule has 0 aliphatic heterocycles. The molecular formula is C12H16BrNO. The van der Waals surface area contributed by atoms with E-state index in [4.69, 9.17) is 0 Å². The van der Waals surface area contributed by atoms with Gasteiger partial charge < -0.3 is 5.32 Å². The molecule has 0 heterocycles. The van der Waals surface area contributed by atoms with Crippen molar-refractivity contribution in [3.8, 4) is 0 Å². The van der Waals surface area contributed by atoms with Gasteiger partial charge in [0.25, 0.3) is 0 Å². The number of benzene rings is 1. The van der Waals surface area contributed by atoms with E-state index in [0.717, 1.165) is 12.1 Å². The molecule has 0 aliphatic carbocycles. The maximum Gasteiger partial charge on any atom is 0.235 e. The average molecular weight is 270 g/mol. The number of hydrogen-bond acceptors (Lipinski definition) is 1. The fourth-order valence-corrected chi connectivity index (χ4v) is 1.47. The second-order valence-corrected chi connectivity index (χ2v) is 4.17. The van der Waals surface area contributed by atoms with Gasteiger partial charge in [-0.1, -0.05) is 41.9 Å². The number of carbonyl (C=O) groups excluding carboxylic acids is 1. The Morgan fingerprint density at radius 2 is 2.00 bits per heavy atom. The molecule has 82 valence electrons. The topological polar surface area (TPSA) is 29.1 Å². The average Bonchev–Trinajstić information content (AvgIpc) is 2.29. The molecule has 0 saturated carbocycles. The fourth-order valence-electron chi connectivity index (χ4n) is 1.33. The molecule has 15 heavy (non-hydrogen) atoms. The van der Waals surface area contributed by atoms with Gasteiger partial charge in [-0.3, -0.25) is 4.79 Å². The monoisotopic (exact) mass is 269 g/mol. The molecule has 1 atom stereocenters. The number of carbonyl (C=O) groups is 1. The highest BCUT2D eigenvalue weighted by molar-refractivity contribution is 9.09. The van der Waals surface area contributed by atoms with Crippen LogP contribution < -0.4 is 5.32 Å². The lowest BCUT2D eigenvalue weighted by Gasteiger charge is -2.09. The van der Waals surface area contributed by atoms with Crippen molar-refractivity contribution in [3.63, 3.8) is 0 Å². The van der Waals surface area contributed by atoms with E-state index in [2.05, 4.69) is 47.2 Å². The lowest BCUT2D eigenvalue weighted by Crippen LogP contribution is -2.12. The van der Waals surface area contributed by atoms with Crippen LogP contribution in [-0.4, -0.2) is 11.2 Å². The van der Waals surface area contributed by atoms with Gasteiger partial charge in [0.05, 0.1) is 5.33 Å². The Morgan fingerprint density at radius 3 is 2.47 bits per heavy atom. The number of alkyl halides is 1. The molecule has 0 aromatic heterocycles. The van der Waals surface area contributed by atoms with Crippen LogP contribution in [0.25, 0.3) is 0 Å². The second-order valence-electron chi connectivity index (χ2n) is 3.61. The Labute approximate surface area is 99.2 Å². The summed E-state index contributed by atoms with van der Waals surface area (Å²) < 4.78 is 0. The van der Waals surface area contributed by atoms with E-state index in [9.17, 15) is 4.79 Å². The third-order valence-corrected chi connectivity index (χ3v) is 3.01. The first-order valence-corrected chi connectivity index (χ1v) is 6.25. The largest absolute Gasteiger partial charge is 0.325 e. The predicted molar refractivity (Wildman–Crippen MR) is 67.6 cm³/mol. The van der Waals surface area contributed by atoms with Crippen LogP contribution in [0, 0.1) is 0 Å². The Morgan fingerprint density at radius 1 is 1.40 bits per heavy atom. The van der Waals surface area contributed by atoms with Gasteiger partial charge in [-0.15, -0.1) is 0 Å². The maximum atomic E-state index is 11.1. The van der Waals surface area contributed by atoms with Crippen molar-refractivity contribution in [1.29, 1.82) is 0 Å². The van der Waals surface area contributed by atoms with Crippen LogP contribution in [0.1, 0.15) is 31.7 Å². The van der Waals surface area contributed by atoms with Gasteiger partial charge in [0.2, 0.25) is 5.91 Å². The summed E-state index contributed by atoms with van der Waals surface area (Å²) in [7, 11) is 0. The van der Waals surface area contributed by atoms with Gasteiger partial charge in [0.1, 0.15) is 0 Å². The summed E-state index contributed by atoms with van der Waals surface area (Å²) in [5.74, 6) is 0.553. The van der Waals surface area contributed by atoms with Crippen LogP contribution in [0.15, 0.2) is 24.3 Å². The van der Waals surface area contributed by atoms with Gasteiger partial charge in [0, 0.05) is 5.69 Å². The zero-order valence-electron chi connectivity index (χ0n) is 9.09. The Balaban J connectivity index is 2.68. The van der Waals surface area contributed by atoms with Crippen molar-refractivity contribution in [3.05, 3.63) is 29.8 Å². The molecule has 0 radical (unpaired) electrons. The zero-order valence-corrected chi connectivity index (χ0v) is 10.7. The molecule has 2 nitrogen and oxygen atoms in total. The minimum atomic E-state index is -0.0220. The molecule has 1 aromatic carbocycles. The molecule has 1 amide bonds. The summed E-state index contributed by atoms with van der Waals surface area (Å²) >= 11 is 3.11. The van der Waals surface area contributed by atoms with E-state index >= 15 is 0 Å². The van der Waals surface area contributed by atoms with Crippen molar-refractivity contribution >= 4 is 27.5 Å². The first kappa shape index (κ1) is 12.2. The molecule has 3 heteroatoms. The van der Waals surface area contributed by atoms with Crippen molar-refractivity contribution in [1.82, 2.24) is 0 Å². The fraction of sp³-hybridized carbons (Fsp3) is 0.417. The predicted octanol–water partition coefficient (Wildman–Crippen LogP) is 3.53. The summed E-state index contributed by atoms with van der Waals surface area (Å²) in [6.45, 7) is 4.37. The number of amides is 1. The van der Waals surface area contributed by atoms with E-state index in [1.54, 1.807) is 0 Å². The Hall–Kier alpha value is -0.830. The van der Waals surface area contributed by atoms with Crippen molar-refractivity contribution < 1.29 is 4.79 Å². The van der Waals surface area contributed by atoms with Gasteiger partial charge in [-0.05, 0) is 30.0 Å². The lowest BCUT2D eigenvalue weighted by molar-refractivity contribution is -0.113. The second kappa shape index (κ2) is 5.91. The molecule has 1 rings (SSSR count). The highest BCUT2D eigenvalue weighted by Crippen LogP contribution is 2.20. The van der Waals surface area contributed by atoms with Crippen molar-refractivity contribution in [2.45, 2.75) is 26.2 Å². The van der Waals surface area contributed by atoms with Crippen LogP contribution in [0.2, 0.25) is 0 Å². The molecule has 0 saturated heterocycles. The van der Waals surface area contributed by atoms with Crippen molar-refractivity contribution in [2.75, 3.05) is 10.6 Å². The van der Waals surface area contributed by atoms with E-state index < -0.39 is 0 Å². The number of halogens is 1. The molecule has 1 N–H and O–H groups in total. The number of anilines is 1. The van der Waals surface area contributed by atoms with E-state index in [0.29, 0.717) is 11.2 Å². The quantitative estimate of drug-likeness (QED) is 0.833. The first-order valence-electron chi connectivity index (χ1n) is 5.13. The minimum Gasteiger partial charge on any atom is -0.325 e. The van der Waals surface area contributed by atoms with E-state index in [1.807, 2.05) is 12.1 Å². The van der Waals surface area contributed by atoms with Crippen LogP contribution in [0.4, 0.5) is 5.69 Å². The third kappa shape index (κ3) is 3.67. The van der Waals surface area contributed by atoms with Crippen LogP contribution in [0.3, 0.4) is 0 Å². The first-order chi connectivity index (χ1) is 7.17. The normalized spacial score (nSPS) is 12.2. The number of rotatable bonds is 4. The Bertz CT molecular complexity index is 321. The number of nitrogens with one attached hydrogen (secondary N) is 1. The molecule has 0 bridgehead atoms. The van der Waals surface area contributed by atoms with E-state index in [1.165, 1.54) is 5.56 Å². The third-order valence-electron chi connectivity index (χ3n) is 2.50. The standard InChI is InChI=1S/C12H16BrNO/c1-3-9(2)10-4-6-11(7-5-10)14-12(15)8-13/h4-7,9H,3,8H2,1-2H3,(H,14,15). The smallest absolute Gasteiger partial charge is 0.235 e. The summed E-state index contributed by atoms with van der Waals surface area (Å²) in [5.41, 5.74) is 2.17. The molecule has 0 spiro atoms. The van der Waals surface area contributed by atoms with Crippen LogP contribution in [-0.2, 0) is 4.79 Å². The molecule has 1 unspecified atom stereocenters. The summed E-state index contributed by atoms with van der Waals surface area (Å²) in [6, 6.07) is 8.03. The van der Waals surface area contributed by atoms with Gasteiger partial charge in [0.15, 0.2) is 0 Å². The number of hydrogen-bond donors (Lipinski definition) is 1. The summed E-state index contributed by atoms with van der Waals surface area (Å²) in [6.07, 6.45) is 1.13. The van der Waals surface area contributed by atoms with E-state index in [-0.39, 0.29) is 5.91 Å². The Kier molecular flexibility index (Phi) is 4.82. The van der Waals surface area contributed by atoms with Crippen LogP contribution >= 0.6 is 15.9 Å². The molecule has 1 aromatic rings. The lowest BCUT2D eigenvalue weighted by atomic mass is 9.99. The van der Waals surface area contributed by atoms with Gasteiger partial charge >= 0.3 is 0 Å². The molecule has 0 fully saturated rings. The maximum absolute atomic E-state index is 11.1. The highest BCUT2D eigenvalue weighted by atomic mass is 79.9. The highest BCUT2D eigenvalue weighted by Gasteiger charge is 2.03. The van der Waals surface area contributed by atoms with Crippen LogP contribution in [0.5, 0.6) is 0 Å². The van der Waals surface area contributed by atoms with Gasteiger partial charge in [-0.2, -0.15) is 0 Å². The van der Waals surface area contributed by atoms with Crippen molar-refractivity contribution in [2.24, 2.45) is 0 Å². The SMILES string of the molecule is CCC(C)c1ccc(NC(=O)CBr)cc1. The zero-order chi connectivity index (χ0) is 11.3. The summed E-state index contributed by atoms with van der Waals surface area (Å²) in [5, 5.41) is 3.12. The van der Waals surface area contributed by atoms with Gasteiger partial charge in [-0.25, -0.2) is 0 Å². The summed E-state index contributed by atoms with van der Waals surface area (Å²) in [4.78, 5) is 11.1. The molecule has 0 aliphatic rings. The molecular weight excluding hydrogens is 254 g/mol.